The zero-order chi connectivity index (χ0) is 23.2. The fourth-order valence-electron chi connectivity index (χ4n) is 4.69. The summed E-state index contributed by atoms with van der Waals surface area (Å²) < 4.78 is 0. The smallest absolute Gasteiger partial charge is 0.252 e. The molecule has 172 valence electrons. The Bertz CT molecular complexity index is 1240. The molecule has 4 aromatic rings. The number of nitrogens with one attached hydrogen (secondary N) is 1. The van der Waals surface area contributed by atoms with E-state index in [4.69, 9.17) is 0 Å². The van der Waals surface area contributed by atoms with Crippen molar-refractivity contribution in [3.8, 4) is 0 Å². The van der Waals surface area contributed by atoms with E-state index in [1.807, 2.05) is 18.2 Å². The van der Waals surface area contributed by atoms with Crippen LogP contribution in [0.15, 0.2) is 102 Å². The minimum Gasteiger partial charge on any atom is -0.349 e. The number of carbonyl (C=O) groups is 1. The van der Waals surface area contributed by atoms with Crippen molar-refractivity contribution in [1.82, 2.24) is 10.2 Å². The van der Waals surface area contributed by atoms with Gasteiger partial charge in [-0.05, 0) is 46.9 Å². The maximum atomic E-state index is 13.2. The van der Waals surface area contributed by atoms with Gasteiger partial charge in [0, 0.05) is 36.3 Å². The number of hydrogen-bond acceptors (Lipinski definition) is 3. The largest absolute Gasteiger partial charge is 0.349 e. The van der Waals surface area contributed by atoms with E-state index in [9.17, 15) is 4.79 Å². The van der Waals surface area contributed by atoms with Gasteiger partial charge >= 0.3 is 0 Å². The number of piperidine rings is 1. The van der Waals surface area contributed by atoms with Crippen LogP contribution in [0.3, 0.4) is 0 Å². The Morgan fingerprint density at radius 2 is 1.53 bits per heavy atom. The van der Waals surface area contributed by atoms with E-state index in [1.54, 1.807) is 11.8 Å². The second-order valence-corrected chi connectivity index (χ2v) is 9.95. The van der Waals surface area contributed by atoms with Crippen LogP contribution in [-0.2, 0) is 12.3 Å². The second kappa shape index (κ2) is 10.9. The monoisotopic (exact) mass is 466 g/mol. The summed E-state index contributed by atoms with van der Waals surface area (Å²) in [6.07, 6.45) is 1.98. The van der Waals surface area contributed by atoms with E-state index in [0.29, 0.717) is 0 Å². The molecule has 1 N–H and O–H groups in total. The Balaban J connectivity index is 1.19. The molecule has 0 spiro atoms. The summed E-state index contributed by atoms with van der Waals surface area (Å²) in [4.78, 5) is 16.7. The molecule has 0 bridgehead atoms. The minimum absolute atomic E-state index is 0.0440. The summed E-state index contributed by atoms with van der Waals surface area (Å²) in [7, 11) is 0. The second-order valence-electron chi connectivity index (χ2n) is 8.93. The Labute approximate surface area is 206 Å². The van der Waals surface area contributed by atoms with Gasteiger partial charge in [0.1, 0.15) is 0 Å². The van der Waals surface area contributed by atoms with Crippen molar-refractivity contribution in [1.29, 1.82) is 0 Å². The van der Waals surface area contributed by atoms with Gasteiger partial charge in [-0.25, -0.2) is 0 Å². The molecule has 3 nitrogen and oxygen atoms in total. The number of benzene rings is 4. The van der Waals surface area contributed by atoms with Crippen LogP contribution < -0.4 is 5.32 Å². The van der Waals surface area contributed by atoms with Gasteiger partial charge in [0.25, 0.3) is 5.91 Å². The molecule has 1 saturated heterocycles. The topological polar surface area (TPSA) is 32.3 Å². The third-order valence-corrected chi connectivity index (χ3v) is 7.69. The van der Waals surface area contributed by atoms with Crippen molar-refractivity contribution in [2.24, 2.45) is 0 Å². The predicted octanol–water partition coefficient (Wildman–Crippen LogP) is 6.53. The van der Waals surface area contributed by atoms with Crippen molar-refractivity contribution in [2.45, 2.75) is 36.1 Å². The van der Waals surface area contributed by atoms with Crippen LogP contribution in [0, 0.1) is 0 Å². The van der Waals surface area contributed by atoms with E-state index in [0.717, 1.165) is 48.7 Å². The molecule has 1 fully saturated rings. The van der Waals surface area contributed by atoms with E-state index < -0.39 is 0 Å². The SMILES string of the molecule is O=C(NC1CCN(Cc2ccccc2)CC1)c1ccccc1SCc1cccc2ccccc12. The molecule has 1 aliphatic rings. The fraction of sp³-hybridized carbons (Fsp3) is 0.233. The number of rotatable bonds is 7. The Morgan fingerprint density at radius 1 is 0.824 bits per heavy atom. The van der Waals surface area contributed by atoms with Gasteiger partial charge in [-0.1, -0.05) is 84.9 Å². The zero-order valence-electron chi connectivity index (χ0n) is 19.3. The van der Waals surface area contributed by atoms with Crippen molar-refractivity contribution >= 4 is 28.4 Å². The van der Waals surface area contributed by atoms with E-state index in [1.165, 1.54) is 21.9 Å². The molecular weight excluding hydrogens is 436 g/mol. The van der Waals surface area contributed by atoms with Crippen LogP contribution in [0.4, 0.5) is 0 Å². The summed E-state index contributed by atoms with van der Waals surface area (Å²) in [6, 6.07) is 33.8. The summed E-state index contributed by atoms with van der Waals surface area (Å²) in [5.41, 5.74) is 3.42. The lowest BCUT2D eigenvalue weighted by Crippen LogP contribution is -2.44. The zero-order valence-corrected chi connectivity index (χ0v) is 20.1. The summed E-state index contributed by atoms with van der Waals surface area (Å²) in [5, 5.41) is 5.84. The van der Waals surface area contributed by atoms with Crippen LogP contribution in [0.25, 0.3) is 10.8 Å². The molecule has 1 aliphatic heterocycles. The van der Waals surface area contributed by atoms with Crippen molar-refractivity contribution in [3.63, 3.8) is 0 Å². The van der Waals surface area contributed by atoms with Crippen LogP contribution in [-0.4, -0.2) is 29.9 Å². The van der Waals surface area contributed by atoms with E-state index in [-0.39, 0.29) is 11.9 Å². The molecule has 5 rings (SSSR count). The number of fused-ring (bicyclic) bond motifs is 1. The quantitative estimate of drug-likeness (QED) is 0.314. The molecule has 0 aliphatic carbocycles. The first-order valence-corrected chi connectivity index (χ1v) is 13.0. The number of nitrogens with zero attached hydrogens (tertiary/aromatic N) is 1. The lowest BCUT2D eigenvalue weighted by Gasteiger charge is -2.32. The van der Waals surface area contributed by atoms with Gasteiger partial charge in [-0.3, -0.25) is 9.69 Å². The molecule has 0 radical (unpaired) electrons. The molecule has 0 atom stereocenters. The van der Waals surface area contributed by atoms with Gasteiger partial charge in [-0.2, -0.15) is 0 Å². The number of carbonyl (C=O) groups excluding carboxylic acids is 1. The molecule has 34 heavy (non-hydrogen) atoms. The molecule has 0 saturated carbocycles. The highest BCUT2D eigenvalue weighted by atomic mass is 32.2. The number of amides is 1. The fourth-order valence-corrected chi connectivity index (χ4v) is 5.75. The first kappa shape index (κ1) is 22.7. The molecule has 0 aromatic heterocycles. The normalized spacial score (nSPS) is 14.8. The number of hydrogen-bond donors (Lipinski definition) is 1. The van der Waals surface area contributed by atoms with Gasteiger partial charge in [0.15, 0.2) is 0 Å². The Morgan fingerprint density at radius 3 is 2.38 bits per heavy atom. The van der Waals surface area contributed by atoms with E-state index in [2.05, 4.69) is 89.1 Å². The maximum Gasteiger partial charge on any atom is 0.252 e. The maximum absolute atomic E-state index is 13.2. The Kier molecular flexibility index (Phi) is 7.28. The molecule has 4 aromatic carbocycles. The minimum atomic E-state index is 0.0440. The van der Waals surface area contributed by atoms with Gasteiger partial charge < -0.3 is 5.32 Å². The average Bonchev–Trinajstić information content (AvgIpc) is 2.89. The standard InChI is InChI=1S/C30H30N2OS/c33-30(31-26-17-19-32(20-18-26)21-23-9-2-1-3-10-23)28-15-6-7-16-29(28)34-22-25-13-8-12-24-11-4-5-14-27(24)25/h1-16,26H,17-22H2,(H,31,33). The van der Waals surface area contributed by atoms with Gasteiger partial charge in [0.05, 0.1) is 5.56 Å². The molecular formula is C30H30N2OS. The highest BCUT2D eigenvalue weighted by molar-refractivity contribution is 7.98. The summed E-state index contributed by atoms with van der Waals surface area (Å²) in [5.74, 6) is 0.881. The van der Waals surface area contributed by atoms with Gasteiger partial charge in [-0.15, -0.1) is 11.8 Å². The van der Waals surface area contributed by atoms with E-state index >= 15 is 0 Å². The van der Waals surface area contributed by atoms with Crippen LogP contribution in [0.2, 0.25) is 0 Å². The van der Waals surface area contributed by atoms with Gasteiger partial charge in [0.2, 0.25) is 0 Å². The van der Waals surface area contributed by atoms with Crippen molar-refractivity contribution in [3.05, 3.63) is 114 Å². The lowest BCUT2D eigenvalue weighted by atomic mass is 10.0. The molecule has 4 heteroatoms. The first-order valence-electron chi connectivity index (χ1n) is 12.0. The third-order valence-electron chi connectivity index (χ3n) is 6.57. The lowest BCUT2D eigenvalue weighted by molar-refractivity contribution is 0.0906. The van der Waals surface area contributed by atoms with Crippen molar-refractivity contribution in [2.75, 3.05) is 13.1 Å². The van der Waals surface area contributed by atoms with Crippen LogP contribution in [0.5, 0.6) is 0 Å². The third kappa shape index (κ3) is 5.52. The average molecular weight is 467 g/mol. The van der Waals surface area contributed by atoms with Crippen LogP contribution in [0.1, 0.15) is 34.3 Å². The van der Waals surface area contributed by atoms with Crippen LogP contribution >= 0.6 is 11.8 Å². The first-order chi connectivity index (χ1) is 16.8. The highest BCUT2D eigenvalue weighted by Crippen LogP contribution is 2.30. The summed E-state index contributed by atoms with van der Waals surface area (Å²) >= 11 is 1.74. The van der Waals surface area contributed by atoms with Crippen molar-refractivity contribution < 1.29 is 4.79 Å². The summed E-state index contributed by atoms with van der Waals surface area (Å²) in [6.45, 7) is 3.00. The molecule has 0 unspecified atom stereocenters. The molecule has 1 amide bonds. The Hall–Kier alpha value is -3.08. The predicted molar refractivity (Wildman–Crippen MR) is 142 cm³/mol. The molecule has 1 heterocycles. The number of thioether (sulfide) groups is 1. The highest BCUT2D eigenvalue weighted by Gasteiger charge is 2.22. The number of likely N-dealkylation sites (tertiary alicyclic amines) is 1.